The maximum atomic E-state index is 12.3. The molecule has 0 saturated carbocycles. The van der Waals surface area contributed by atoms with Gasteiger partial charge < -0.3 is 30.3 Å². The number of ether oxygens (including phenoxy) is 2. The zero-order valence-electron chi connectivity index (χ0n) is 26.2. The number of amides is 2. The largest absolute Gasteiger partial charge is 0.504 e. The fourth-order valence-electron chi connectivity index (χ4n) is 5.07. The van der Waals surface area contributed by atoms with Crippen molar-refractivity contribution in [2.24, 2.45) is 5.73 Å². The van der Waals surface area contributed by atoms with Gasteiger partial charge in [-0.3, -0.25) is 9.59 Å². The van der Waals surface area contributed by atoms with Gasteiger partial charge in [0.2, 0.25) is 0 Å². The minimum Gasteiger partial charge on any atom is -0.504 e. The molecule has 0 bridgehead atoms. The molecule has 2 amide bonds. The first-order valence-corrected chi connectivity index (χ1v) is 16.4. The summed E-state index contributed by atoms with van der Waals surface area (Å²) < 4.78 is 11.5. The van der Waals surface area contributed by atoms with Gasteiger partial charge in [0, 0.05) is 19.2 Å². The lowest BCUT2D eigenvalue weighted by Crippen LogP contribution is -2.41. The number of aromatic hydroxyl groups is 2. The molecule has 0 aliphatic rings. The first-order valence-electron chi connectivity index (χ1n) is 16.4. The van der Waals surface area contributed by atoms with Crippen molar-refractivity contribution in [3.8, 4) is 28.7 Å². The number of rotatable bonds is 24. The third-order valence-electron chi connectivity index (χ3n) is 7.63. The van der Waals surface area contributed by atoms with Gasteiger partial charge in [-0.1, -0.05) is 103 Å². The van der Waals surface area contributed by atoms with Crippen molar-refractivity contribution >= 4 is 11.8 Å². The Kier molecular flexibility index (Phi) is 18.4. The summed E-state index contributed by atoms with van der Waals surface area (Å²) in [6.45, 7) is 3.58. The predicted molar refractivity (Wildman–Crippen MR) is 172 cm³/mol. The lowest BCUT2D eigenvalue weighted by atomic mass is 10.0. The summed E-state index contributed by atoms with van der Waals surface area (Å²) in [4.78, 5) is 25.4. The van der Waals surface area contributed by atoms with Crippen molar-refractivity contribution in [1.29, 1.82) is 0 Å². The van der Waals surface area contributed by atoms with E-state index in [1.165, 1.54) is 95.6 Å². The maximum absolute atomic E-state index is 12.3. The summed E-state index contributed by atoms with van der Waals surface area (Å²) in [6, 6.07) is 11.2. The van der Waals surface area contributed by atoms with Crippen LogP contribution in [0.4, 0.5) is 0 Å². The second-order valence-corrected chi connectivity index (χ2v) is 11.4. The third kappa shape index (κ3) is 16.1. The molecule has 240 valence electrons. The lowest BCUT2D eigenvalue weighted by molar-refractivity contribution is -0.144. The Bertz CT molecular complexity index is 1040. The Balaban J connectivity index is 1.54. The monoisotopic (exact) mass is 598 g/mol. The molecule has 2 aromatic carbocycles. The highest BCUT2D eigenvalue weighted by atomic mass is 16.5. The number of nitrogens with two attached hydrogens (primary N) is 1. The molecule has 0 aliphatic heterocycles. The van der Waals surface area contributed by atoms with Crippen molar-refractivity contribution in [2.45, 2.75) is 116 Å². The van der Waals surface area contributed by atoms with Crippen LogP contribution in [0.25, 0.3) is 0 Å². The van der Waals surface area contributed by atoms with Crippen LogP contribution in [0, 0.1) is 0 Å². The van der Waals surface area contributed by atoms with Crippen LogP contribution in [0.15, 0.2) is 42.5 Å². The topological polar surface area (TPSA) is 122 Å². The average molecular weight is 599 g/mol. The molecule has 8 heteroatoms. The van der Waals surface area contributed by atoms with E-state index in [4.69, 9.17) is 15.2 Å². The van der Waals surface area contributed by atoms with Gasteiger partial charge in [-0.05, 0) is 49.2 Å². The van der Waals surface area contributed by atoms with Gasteiger partial charge in [0.15, 0.2) is 11.5 Å². The number of unbranched alkanes of at least 4 members (excludes halogenated alkanes) is 15. The Labute approximate surface area is 258 Å². The summed E-state index contributed by atoms with van der Waals surface area (Å²) in [5.74, 6) is -0.431. The molecule has 0 spiro atoms. The number of phenols is 2. The van der Waals surface area contributed by atoms with Gasteiger partial charge in [-0.2, -0.15) is 0 Å². The molecule has 0 saturated heterocycles. The van der Waals surface area contributed by atoms with Crippen LogP contribution in [0.5, 0.6) is 28.7 Å². The zero-order chi connectivity index (χ0) is 31.1. The molecular formula is C35H54N2O6. The number of nitrogens with zero attached hydrogens (tertiary/aromatic N) is 1. The molecule has 43 heavy (non-hydrogen) atoms. The summed E-state index contributed by atoms with van der Waals surface area (Å²) in [6.07, 6.45) is 21.2. The molecule has 0 radical (unpaired) electrons. The molecule has 2 rings (SSSR count). The first-order chi connectivity index (χ1) is 20.9. The lowest BCUT2D eigenvalue weighted by Gasteiger charge is -2.21. The maximum Gasteiger partial charge on any atom is 0.311 e. The number of phenolic OH excluding ortho intramolecular Hbond substituents is 2. The van der Waals surface area contributed by atoms with E-state index >= 15 is 0 Å². The number of carbonyl (C=O) groups is 2. The number of hydrogen-bond acceptors (Lipinski definition) is 6. The fourth-order valence-corrected chi connectivity index (χ4v) is 5.07. The number of benzene rings is 2. The summed E-state index contributed by atoms with van der Waals surface area (Å²) in [7, 11) is 0. The van der Waals surface area contributed by atoms with Gasteiger partial charge >= 0.3 is 11.8 Å². The molecule has 0 heterocycles. The van der Waals surface area contributed by atoms with E-state index in [1.54, 1.807) is 35.2 Å². The Morgan fingerprint density at radius 2 is 1.09 bits per heavy atom. The predicted octanol–water partition coefficient (Wildman–Crippen LogP) is 8.23. The van der Waals surface area contributed by atoms with Crippen molar-refractivity contribution in [3.63, 3.8) is 0 Å². The van der Waals surface area contributed by atoms with Gasteiger partial charge in [0.05, 0.1) is 6.61 Å². The van der Waals surface area contributed by atoms with Crippen LogP contribution < -0.4 is 15.2 Å². The van der Waals surface area contributed by atoms with Crippen molar-refractivity contribution < 1.29 is 29.3 Å². The van der Waals surface area contributed by atoms with E-state index in [0.29, 0.717) is 43.4 Å². The van der Waals surface area contributed by atoms with Gasteiger partial charge in [0.25, 0.3) is 0 Å². The van der Waals surface area contributed by atoms with Crippen LogP contribution in [-0.2, 0) is 9.59 Å². The normalized spacial score (nSPS) is 10.9. The average Bonchev–Trinajstić information content (AvgIpc) is 3.00. The van der Waals surface area contributed by atoms with E-state index < -0.39 is 11.8 Å². The van der Waals surface area contributed by atoms with E-state index in [2.05, 4.69) is 6.92 Å². The van der Waals surface area contributed by atoms with Crippen LogP contribution in [0.1, 0.15) is 116 Å². The van der Waals surface area contributed by atoms with Crippen molar-refractivity contribution in [3.05, 3.63) is 42.5 Å². The molecule has 0 atom stereocenters. The zero-order valence-corrected chi connectivity index (χ0v) is 26.2. The van der Waals surface area contributed by atoms with E-state index in [-0.39, 0.29) is 11.5 Å². The SMILES string of the molecule is CCCCCCCCCCCCCCCCCCN(CCCOc1ccc(Oc2ccc(O)c(O)c2)cc1)C(=O)C(N)=O. The summed E-state index contributed by atoms with van der Waals surface area (Å²) in [5.41, 5.74) is 5.28. The highest BCUT2D eigenvalue weighted by Crippen LogP contribution is 2.31. The Morgan fingerprint density at radius 3 is 1.60 bits per heavy atom. The second-order valence-electron chi connectivity index (χ2n) is 11.4. The molecule has 0 aliphatic carbocycles. The number of carbonyl (C=O) groups excluding carboxylic acids is 2. The number of hydrogen-bond donors (Lipinski definition) is 3. The van der Waals surface area contributed by atoms with Crippen LogP contribution >= 0.6 is 0 Å². The van der Waals surface area contributed by atoms with Gasteiger partial charge in [0.1, 0.15) is 17.2 Å². The Hall–Kier alpha value is -3.42. The van der Waals surface area contributed by atoms with Gasteiger partial charge in [-0.15, -0.1) is 0 Å². The summed E-state index contributed by atoms with van der Waals surface area (Å²) in [5, 5.41) is 19.0. The molecule has 0 unspecified atom stereocenters. The molecule has 4 N–H and O–H groups in total. The standard InChI is InChI=1S/C35H54N2O6/c1-2-3-4-5-6-7-8-9-10-11-12-13-14-15-16-17-25-37(35(41)34(36)40)26-18-27-42-29-19-21-30(22-20-29)43-31-23-24-32(38)33(39)28-31/h19-24,28,38-39H,2-18,25-27H2,1H3,(H2,36,40). The molecular weight excluding hydrogens is 544 g/mol. The molecule has 2 aromatic rings. The Morgan fingerprint density at radius 1 is 0.628 bits per heavy atom. The highest BCUT2D eigenvalue weighted by molar-refractivity contribution is 6.34. The van der Waals surface area contributed by atoms with Crippen LogP contribution in [-0.4, -0.2) is 46.6 Å². The van der Waals surface area contributed by atoms with Crippen LogP contribution in [0.3, 0.4) is 0 Å². The second kappa shape index (κ2) is 22.2. The quantitative estimate of drug-likeness (QED) is 0.0635. The minimum absolute atomic E-state index is 0.211. The third-order valence-corrected chi connectivity index (χ3v) is 7.63. The van der Waals surface area contributed by atoms with E-state index in [0.717, 1.165) is 19.3 Å². The van der Waals surface area contributed by atoms with Crippen molar-refractivity contribution in [2.75, 3.05) is 19.7 Å². The smallest absolute Gasteiger partial charge is 0.311 e. The minimum atomic E-state index is -0.921. The molecule has 0 aromatic heterocycles. The van der Waals surface area contributed by atoms with E-state index in [9.17, 15) is 19.8 Å². The van der Waals surface area contributed by atoms with Crippen molar-refractivity contribution in [1.82, 2.24) is 4.90 Å². The fraction of sp³-hybridized carbons (Fsp3) is 0.600. The van der Waals surface area contributed by atoms with E-state index in [1.807, 2.05) is 0 Å². The number of primary amides is 1. The highest BCUT2D eigenvalue weighted by Gasteiger charge is 2.18. The van der Waals surface area contributed by atoms with Crippen LogP contribution in [0.2, 0.25) is 0 Å². The first kappa shape index (κ1) is 35.8. The van der Waals surface area contributed by atoms with Gasteiger partial charge in [-0.25, -0.2) is 0 Å². The molecule has 0 fully saturated rings. The summed E-state index contributed by atoms with van der Waals surface area (Å²) >= 11 is 0. The molecule has 8 nitrogen and oxygen atoms in total.